The van der Waals surface area contributed by atoms with E-state index in [1.54, 1.807) is 0 Å². The summed E-state index contributed by atoms with van der Waals surface area (Å²) in [5.74, 6) is 1.77. The average molecular weight is 720 g/mol. The van der Waals surface area contributed by atoms with Crippen LogP contribution in [-0.4, -0.2) is 20.4 Å². The van der Waals surface area contributed by atoms with Gasteiger partial charge in [-0.2, -0.15) is 0 Å². The molecule has 2 atom stereocenters. The van der Waals surface area contributed by atoms with E-state index in [9.17, 15) is 0 Å². The molecule has 208 valence electrons. The van der Waals surface area contributed by atoms with Crippen molar-refractivity contribution in [2.75, 3.05) is 19.6 Å². The van der Waals surface area contributed by atoms with E-state index >= 15 is 0 Å². The van der Waals surface area contributed by atoms with Gasteiger partial charge in [-0.3, -0.25) is 0 Å². The van der Waals surface area contributed by atoms with E-state index in [0.29, 0.717) is 12.1 Å². The number of nitrogens with zero attached hydrogens (tertiary/aromatic N) is 4. The van der Waals surface area contributed by atoms with Crippen molar-refractivity contribution in [2.24, 2.45) is 0 Å². The molecule has 1 saturated carbocycles. The molecular weight excluding hydrogens is 687 g/mol. The molecule has 0 amide bonds. The zero-order chi connectivity index (χ0) is 27.3. The minimum atomic E-state index is -0.562. The molecule has 0 spiro atoms. The van der Waals surface area contributed by atoms with Gasteiger partial charge in [-0.05, 0) is 0 Å². The quantitative estimate of drug-likeness (QED) is 0.194. The number of anilines is 4. The number of rotatable bonds is 0. The number of hydrogen-bond donors (Lipinski definition) is 0. The molecule has 6 heteroatoms. The van der Waals surface area contributed by atoms with Crippen LogP contribution >= 0.6 is 0 Å². The summed E-state index contributed by atoms with van der Waals surface area (Å²) in [6.07, 6.45) is 3.70. The fourth-order valence-electron chi connectivity index (χ4n) is 7.47. The van der Waals surface area contributed by atoms with E-state index in [1.807, 2.05) is 0 Å². The molecule has 0 saturated heterocycles. The Bertz CT molecular complexity index is 1810. The second-order valence-electron chi connectivity index (χ2n) is 12.1. The number of hydrogen-bond acceptors (Lipinski definition) is 5. The molecule has 6 bridgehead atoms. The predicted octanol–water partition coefficient (Wildman–Crippen LogP) is 7.07. The van der Waals surface area contributed by atoms with Gasteiger partial charge in [0, 0.05) is 0 Å². The van der Waals surface area contributed by atoms with Crippen LogP contribution in [-0.2, 0) is 29.7 Å². The van der Waals surface area contributed by atoms with Crippen molar-refractivity contribution in [3.05, 3.63) is 108 Å². The van der Waals surface area contributed by atoms with E-state index in [4.69, 9.17) is 4.74 Å². The minimum absolute atomic E-state index is 0.272. The van der Waals surface area contributed by atoms with Gasteiger partial charge in [-0.15, -0.1) is 0 Å². The molecule has 2 unspecified atom stereocenters. The molecule has 1 aliphatic carbocycles. The van der Waals surface area contributed by atoms with Gasteiger partial charge in [0.25, 0.3) is 0 Å². The third kappa shape index (κ3) is 3.39. The molecule has 0 aromatic heterocycles. The Balaban J connectivity index is 1.38. The van der Waals surface area contributed by atoms with E-state index < -0.39 is 17.6 Å². The van der Waals surface area contributed by atoms with Crippen molar-refractivity contribution in [1.82, 2.24) is 0 Å². The summed E-state index contributed by atoms with van der Waals surface area (Å²) in [7, 11) is 0. The summed E-state index contributed by atoms with van der Waals surface area (Å²) in [5.41, 5.74) is 7.68. The van der Waals surface area contributed by atoms with E-state index in [2.05, 4.69) is 131 Å². The van der Waals surface area contributed by atoms with Crippen LogP contribution in [0.5, 0.6) is 11.5 Å². The van der Waals surface area contributed by atoms with Gasteiger partial charge in [-0.25, -0.2) is 0 Å². The molecular formula is C35H32N4OPt. The normalized spacial score (nSPS) is 23.2. The maximum absolute atomic E-state index is 6.51. The summed E-state index contributed by atoms with van der Waals surface area (Å²) >= 11 is -0.562. The van der Waals surface area contributed by atoms with Crippen LogP contribution in [0, 0.1) is 0 Å². The first-order valence-corrected chi connectivity index (χ1v) is 16.9. The fraction of sp³-hybridized carbons (Fsp3) is 0.257. The van der Waals surface area contributed by atoms with E-state index in [1.165, 1.54) is 61.4 Å². The Morgan fingerprint density at radius 2 is 1.32 bits per heavy atom. The van der Waals surface area contributed by atoms with Crippen LogP contribution in [0.3, 0.4) is 0 Å². The average Bonchev–Trinajstić information content (AvgIpc) is 3.64. The monoisotopic (exact) mass is 719 g/mol. The van der Waals surface area contributed by atoms with Crippen molar-refractivity contribution in [3.63, 3.8) is 0 Å². The van der Waals surface area contributed by atoms with Gasteiger partial charge in [0.2, 0.25) is 0 Å². The van der Waals surface area contributed by atoms with Crippen LogP contribution in [0.2, 0.25) is 0 Å². The number of benzene rings is 4. The standard InChI is InChI=1S/C35H32N4O.Pt/c1-35(2)26-11-8-13-28(21-26)40-27-12-7-10-25(20-27)22-36-23-37(30-15-4-3-14-29(30)36)31-18-9-19-32(31)38-24-39(35)34-17-6-5-16-33(34)38;/h3-8,10-17,20-21,31-32H,9,18-19,22H2,1-2H3;. The molecule has 5 nitrogen and oxygen atoms in total. The Morgan fingerprint density at radius 1 is 0.683 bits per heavy atom. The summed E-state index contributed by atoms with van der Waals surface area (Å²) < 4.78 is 9.52. The Hall–Kier alpha value is -3.69. The number of ether oxygens (including phenoxy) is 1. The van der Waals surface area contributed by atoms with Crippen molar-refractivity contribution in [1.29, 1.82) is 0 Å². The SMILES string of the molecule is CC1(C)c2cccc(c2)Oc2cccc(c2)CN2[C]3=[Pt]=[C]4N(c5ccccc5N41)C1CCCC1N3c1ccccc12. The van der Waals surface area contributed by atoms with Crippen LogP contribution in [0.25, 0.3) is 0 Å². The molecule has 0 N–H and O–H groups in total. The number of para-hydroxylation sites is 4. The fourth-order valence-corrected chi connectivity index (χ4v) is 11.7. The van der Waals surface area contributed by atoms with E-state index in [0.717, 1.165) is 18.0 Å². The van der Waals surface area contributed by atoms with Crippen molar-refractivity contribution in [2.45, 2.75) is 57.3 Å². The summed E-state index contributed by atoms with van der Waals surface area (Å²) in [5, 5.41) is 0. The zero-order valence-electron chi connectivity index (χ0n) is 23.2. The molecule has 4 heterocycles. The molecule has 41 heavy (non-hydrogen) atoms. The third-order valence-corrected chi connectivity index (χ3v) is 12.6. The summed E-state index contributed by atoms with van der Waals surface area (Å²) in [6, 6.07) is 36.6. The van der Waals surface area contributed by atoms with Gasteiger partial charge in [0.05, 0.1) is 0 Å². The first-order chi connectivity index (χ1) is 20.1. The second-order valence-corrected chi connectivity index (χ2v) is 14.7. The Morgan fingerprint density at radius 3 is 2.10 bits per heavy atom. The molecule has 4 aromatic rings. The van der Waals surface area contributed by atoms with Crippen LogP contribution in [0.15, 0.2) is 97.1 Å². The van der Waals surface area contributed by atoms with Gasteiger partial charge in [0.1, 0.15) is 0 Å². The molecule has 1 fully saturated rings. The molecule has 4 aromatic carbocycles. The molecule has 4 aliphatic heterocycles. The van der Waals surface area contributed by atoms with Gasteiger partial charge < -0.3 is 0 Å². The summed E-state index contributed by atoms with van der Waals surface area (Å²) in [6.45, 7) is 5.61. The second kappa shape index (κ2) is 8.66. The van der Waals surface area contributed by atoms with Crippen LogP contribution in [0.4, 0.5) is 22.7 Å². The maximum atomic E-state index is 6.51. The van der Waals surface area contributed by atoms with E-state index in [-0.39, 0.29) is 5.54 Å². The van der Waals surface area contributed by atoms with Gasteiger partial charge >= 0.3 is 250 Å². The van der Waals surface area contributed by atoms with Crippen LogP contribution in [0.1, 0.15) is 44.2 Å². The Labute approximate surface area is 249 Å². The van der Waals surface area contributed by atoms with Crippen molar-refractivity contribution < 1.29 is 22.4 Å². The molecule has 9 rings (SSSR count). The molecule has 5 aliphatic rings. The van der Waals surface area contributed by atoms with Crippen molar-refractivity contribution in [3.8, 4) is 11.5 Å². The molecule has 0 radical (unpaired) electrons. The third-order valence-electron chi connectivity index (χ3n) is 9.38. The predicted molar refractivity (Wildman–Crippen MR) is 164 cm³/mol. The van der Waals surface area contributed by atoms with Gasteiger partial charge in [0.15, 0.2) is 0 Å². The van der Waals surface area contributed by atoms with Gasteiger partial charge in [-0.1, -0.05) is 0 Å². The Kier molecular flexibility index (Phi) is 5.06. The topological polar surface area (TPSA) is 22.2 Å². The van der Waals surface area contributed by atoms with Crippen molar-refractivity contribution >= 4 is 31.0 Å². The zero-order valence-corrected chi connectivity index (χ0v) is 25.5. The number of fused-ring (bicyclic) bond motifs is 13. The summed E-state index contributed by atoms with van der Waals surface area (Å²) in [4.78, 5) is 10.9. The first kappa shape index (κ1) is 24.0. The first-order valence-electron chi connectivity index (χ1n) is 14.6. The van der Waals surface area contributed by atoms with Crippen LogP contribution < -0.4 is 24.3 Å².